The van der Waals surface area contributed by atoms with Crippen molar-refractivity contribution in [2.45, 2.75) is 32.1 Å². The SMILES string of the molecule is COCCCNC(=O)Cc1ccc2c(c1)CCC2. The molecule has 0 bridgehead atoms. The van der Waals surface area contributed by atoms with Crippen LogP contribution >= 0.6 is 0 Å². The number of ether oxygens (including phenoxy) is 1. The minimum absolute atomic E-state index is 0.101. The average molecular weight is 247 g/mol. The van der Waals surface area contributed by atoms with E-state index in [1.54, 1.807) is 7.11 Å². The number of carbonyl (C=O) groups excluding carboxylic acids is 1. The minimum atomic E-state index is 0.101. The van der Waals surface area contributed by atoms with Crippen molar-refractivity contribution in [2.24, 2.45) is 0 Å². The molecule has 1 N–H and O–H groups in total. The first-order valence-electron chi connectivity index (χ1n) is 6.66. The number of fused-ring (bicyclic) bond motifs is 1. The Labute approximate surface area is 109 Å². The second kappa shape index (κ2) is 6.55. The Kier molecular flexibility index (Phi) is 4.76. The van der Waals surface area contributed by atoms with Crippen molar-refractivity contribution in [3.63, 3.8) is 0 Å². The first-order valence-corrected chi connectivity index (χ1v) is 6.66. The molecule has 1 aromatic rings. The number of benzene rings is 1. The zero-order valence-corrected chi connectivity index (χ0v) is 11.0. The number of hydrogen-bond donors (Lipinski definition) is 1. The third-order valence-electron chi connectivity index (χ3n) is 3.37. The second-order valence-electron chi connectivity index (χ2n) is 4.83. The lowest BCUT2D eigenvalue weighted by Crippen LogP contribution is -2.26. The maximum atomic E-state index is 11.7. The number of rotatable bonds is 6. The van der Waals surface area contributed by atoms with Gasteiger partial charge < -0.3 is 10.1 Å². The lowest BCUT2D eigenvalue weighted by molar-refractivity contribution is -0.120. The molecular formula is C15H21NO2. The second-order valence-corrected chi connectivity index (χ2v) is 4.83. The molecule has 0 unspecified atom stereocenters. The molecule has 1 amide bonds. The summed E-state index contributed by atoms with van der Waals surface area (Å²) in [4.78, 5) is 11.7. The third-order valence-corrected chi connectivity index (χ3v) is 3.37. The quantitative estimate of drug-likeness (QED) is 0.779. The molecule has 98 valence electrons. The number of aryl methyl sites for hydroxylation is 2. The molecule has 1 aliphatic rings. The van der Waals surface area contributed by atoms with Gasteiger partial charge in [-0.25, -0.2) is 0 Å². The van der Waals surface area contributed by atoms with Gasteiger partial charge in [0.2, 0.25) is 5.91 Å². The highest BCUT2D eigenvalue weighted by atomic mass is 16.5. The van der Waals surface area contributed by atoms with Crippen LogP contribution in [0.25, 0.3) is 0 Å². The Balaban J connectivity index is 1.80. The minimum Gasteiger partial charge on any atom is -0.385 e. The van der Waals surface area contributed by atoms with Gasteiger partial charge in [-0.1, -0.05) is 18.2 Å². The summed E-state index contributed by atoms with van der Waals surface area (Å²) in [5.74, 6) is 0.101. The molecule has 2 rings (SSSR count). The first kappa shape index (κ1) is 13.1. The standard InChI is InChI=1S/C15H21NO2/c1-18-9-3-8-16-15(17)11-12-6-7-13-4-2-5-14(13)10-12/h6-7,10H,2-5,8-9,11H2,1H3,(H,16,17). The van der Waals surface area contributed by atoms with Crippen molar-refractivity contribution in [1.29, 1.82) is 0 Å². The van der Waals surface area contributed by atoms with Crippen LogP contribution in [-0.2, 0) is 28.8 Å². The van der Waals surface area contributed by atoms with Crippen molar-refractivity contribution >= 4 is 5.91 Å². The zero-order valence-electron chi connectivity index (χ0n) is 11.0. The Bertz CT molecular complexity index is 415. The van der Waals surface area contributed by atoms with E-state index < -0.39 is 0 Å². The van der Waals surface area contributed by atoms with Gasteiger partial charge in [-0.2, -0.15) is 0 Å². The molecule has 0 fully saturated rings. The number of carbonyl (C=O) groups is 1. The Morgan fingerprint density at radius 2 is 2.17 bits per heavy atom. The predicted octanol–water partition coefficient (Wildman–Crippen LogP) is 1.87. The molecule has 3 nitrogen and oxygen atoms in total. The number of amides is 1. The van der Waals surface area contributed by atoms with E-state index in [0.29, 0.717) is 19.6 Å². The van der Waals surface area contributed by atoms with Crippen molar-refractivity contribution in [2.75, 3.05) is 20.3 Å². The third kappa shape index (κ3) is 3.57. The molecule has 1 aliphatic carbocycles. The fourth-order valence-corrected chi connectivity index (χ4v) is 2.43. The molecule has 18 heavy (non-hydrogen) atoms. The van der Waals surface area contributed by atoms with Crippen molar-refractivity contribution < 1.29 is 9.53 Å². The zero-order chi connectivity index (χ0) is 12.8. The van der Waals surface area contributed by atoms with Crippen LogP contribution in [0.3, 0.4) is 0 Å². The van der Waals surface area contributed by atoms with Crippen LogP contribution in [0.1, 0.15) is 29.5 Å². The monoisotopic (exact) mass is 247 g/mol. The molecule has 3 heteroatoms. The van der Waals surface area contributed by atoms with Gasteiger partial charge in [-0.05, 0) is 42.4 Å². The Morgan fingerprint density at radius 3 is 3.00 bits per heavy atom. The molecule has 0 aromatic heterocycles. The van der Waals surface area contributed by atoms with Crippen LogP contribution in [0, 0.1) is 0 Å². The molecule has 1 aromatic carbocycles. The fraction of sp³-hybridized carbons (Fsp3) is 0.533. The smallest absolute Gasteiger partial charge is 0.224 e. The van der Waals surface area contributed by atoms with Crippen LogP contribution in [0.15, 0.2) is 18.2 Å². The van der Waals surface area contributed by atoms with Gasteiger partial charge in [0.15, 0.2) is 0 Å². The molecule has 0 atom stereocenters. The van der Waals surface area contributed by atoms with Gasteiger partial charge in [0, 0.05) is 20.3 Å². The van der Waals surface area contributed by atoms with E-state index in [0.717, 1.165) is 12.0 Å². The van der Waals surface area contributed by atoms with Crippen molar-refractivity contribution in [3.8, 4) is 0 Å². The molecular weight excluding hydrogens is 226 g/mol. The highest BCUT2D eigenvalue weighted by Gasteiger charge is 2.11. The average Bonchev–Trinajstić information content (AvgIpc) is 2.82. The van der Waals surface area contributed by atoms with E-state index in [1.165, 1.54) is 30.4 Å². The van der Waals surface area contributed by atoms with E-state index >= 15 is 0 Å². The summed E-state index contributed by atoms with van der Waals surface area (Å²) in [6.45, 7) is 1.39. The predicted molar refractivity (Wildman–Crippen MR) is 71.7 cm³/mol. The van der Waals surface area contributed by atoms with Gasteiger partial charge >= 0.3 is 0 Å². The van der Waals surface area contributed by atoms with Gasteiger partial charge in [0.05, 0.1) is 6.42 Å². The lowest BCUT2D eigenvalue weighted by Gasteiger charge is -2.06. The van der Waals surface area contributed by atoms with Crippen molar-refractivity contribution in [1.82, 2.24) is 5.32 Å². The summed E-state index contributed by atoms with van der Waals surface area (Å²) in [6.07, 6.45) is 4.96. The van der Waals surface area contributed by atoms with Gasteiger partial charge in [0.1, 0.15) is 0 Å². The van der Waals surface area contributed by atoms with Crippen LogP contribution in [0.2, 0.25) is 0 Å². The van der Waals surface area contributed by atoms with Crippen LogP contribution in [0.5, 0.6) is 0 Å². The van der Waals surface area contributed by atoms with E-state index in [4.69, 9.17) is 4.74 Å². The number of methoxy groups -OCH3 is 1. The topological polar surface area (TPSA) is 38.3 Å². The maximum absolute atomic E-state index is 11.7. The summed E-state index contributed by atoms with van der Waals surface area (Å²) in [6, 6.07) is 6.45. The van der Waals surface area contributed by atoms with Gasteiger partial charge in [-0.15, -0.1) is 0 Å². The maximum Gasteiger partial charge on any atom is 0.224 e. The molecule has 0 spiro atoms. The molecule has 0 saturated carbocycles. The molecule has 0 aliphatic heterocycles. The highest BCUT2D eigenvalue weighted by Crippen LogP contribution is 2.22. The summed E-state index contributed by atoms with van der Waals surface area (Å²) < 4.78 is 4.94. The summed E-state index contributed by atoms with van der Waals surface area (Å²) in [5.41, 5.74) is 4.01. The fourth-order valence-electron chi connectivity index (χ4n) is 2.43. The first-order chi connectivity index (χ1) is 8.79. The Morgan fingerprint density at radius 1 is 1.33 bits per heavy atom. The van der Waals surface area contributed by atoms with E-state index in [2.05, 4.69) is 23.5 Å². The summed E-state index contributed by atoms with van der Waals surface area (Å²) in [5, 5.41) is 2.91. The van der Waals surface area contributed by atoms with Crippen LogP contribution in [0.4, 0.5) is 0 Å². The van der Waals surface area contributed by atoms with E-state index in [1.807, 2.05) is 0 Å². The van der Waals surface area contributed by atoms with E-state index in [9.17, 15) is 4.79 Å². The van der Waals surface area contributed by atoms with E-state index in [-0.39, 0.29) is 5.91 Å². The largest absolute Gasteiger partial charge is 0.385 e. The summed E-state index contributed by atoms with van der Waals surface area (Å²) >= 11 is 0. The number of nitrogens with one attached hydrogen (secondary N) is 1. The van der Waals surface area contributed by atoms with Crippen molar-refractivity contribution in [3.05, 3.63) is 34.9 Å². The van der Waals surface area contributed by atoms with Crippen LogP contribution in [-0.4, -0.2) is 26.2 Å². The van der Waals surface area contributed by atoms with Gasteiger partial charge in [-0.3, -0.25) is 4.79 Å². The highest BCUT2D eigenvalue weighted by molar-refractivity contribution is 5.78. The molecule has 0 saturated heterocycles. The number of hydrogen-bond acceptors (Lipinski definition) is 2. The molecule has 0 heterocycles. The van der Waals surface area contributed by atoms with Gasteiger partial charge in [0.25, 0.3) is 0 Å². The van der Waals surface area contributed by atoms with Crippen LogP contribution < -0.4 is 5.32 Å². The molecule has 0 radical (unpaired) electrons. The lowest BCUT2D eigenvalue weighted by atomic mass is 10.0. The Hall–Kier alpha value is -1.35. The summed E-state index contributed by atoms with van der Waals surface area (Å²) in [7, 11) is 1.67. The normalized spacial score (nSPS) is 13.4.